The molecule has 18 heavy (non-hydrogen) atoms. The number of nitrogens with zero attached hydrogens (tertiary/aromatic N) is 2. The number of hydrogen-bond donors (Lipinski definition) is 1. The van der Waals surface area contributed by atoms with Gasteiger partial charge in [-0.15, -0.1) is 0 Å². The van der Waals surface area contributed by atoms with Crippen molar-refractivity contribution in [3.63, 3.8) is 0 Å². The van der Waals surface area contributed by atoms with Gasteiger partial charge in [-0.3, -0.25) is 4.68 Å². The van der Waals surface area contributed by atoms with Crippen LogP contribution < -0.4 is 5.32 Å². The maximum absolute atomic E-state index is 4.53. The summed E-state index contributed by atoms with van der Waals surface area (Å²) in [6, 6.07) is 0.611. The van der Waals surface area contributed by atoms with E-state index in [9.17, 15) is 0 Å². The van der Waals surface area contributed by atoms with Gasteiger partial charge in [-0.25, -0.2) is 0 Å². The second-order valence-corrected chi connectivity index (χ2v) is 6.17. The standard InChI is InChI=1S/C14H24BrN3/c1-4-18-13(14(15)11(3)17-18)9-16-10(2)12-7-5-6-8-12/h10,12,16H,4-9H2,1-3H3/t10-/m1/s1. The molecule has 0 saturated heterocycles. The summed E-state index contributed by atoms with van der Waals surface area (Å²) >= 11 is 3.65. The lowest BCUT2D eigenvalue weighted by Crippen LogP contribution is -2.32. The minimum Gasteiger partial charge on any atom is -0.308 e. The van der Waals surface area contributed by atoms with Gasteiger partial charge in [0, 0.05) is 19.1 Å². The number of hydrogen-bond acceptors (Lipinski definition) is 2. The quantitative estimate of drug-likeness (QED) is 0.899. The molecule has 2 rings (SSSR count). The summed E-state index contributed by atoms with van der Waals surface area (Å²) in [5, 5.41) is 8.21. The third-order valence-corrected chi connectivity index (χ3v) is 5.18. The maximum atomic E-state index is 4.53. The molecule has 0 aliphatic heterocycles. The molecule has 0 bridgehead atoms. The molecule has 0 amide bonds. The summed E-state index contributed by atoms with van der Waals surface area (Å²) in [5.41, 5.74) is 2.36. The van der Waals surface area contributed by atoms with Crippen LogP contribution in [-0.4, -0.2) is 15.8 Å². The number of aryl methyl sites for hydroxylation is 2. The summed E-state index contributed by atoms with van der Waals surface area (Å²) in [4.78, 5) is 0. The molecule has 0 unspecified atom stereocenters. The van der Waals surface area contributed by atoms with Gasteiger partial charge in [0.05, 0.1) is 15.9 Å². The summed E-state index contributed by atoms with van der Waals surface area (Å²) < 4.78 is 3.25. The first kappa shape index (κ1) is 14.1. The predicted octanol–water partition coefficient (Wildman–Crippen LogP) is 3.64. The Labute approximate surface area is 118 Å². The SMILES string of the molecule is CCn1nc(C)c(Br)c1CN[C@H](C)C1CCCC1. The van der Waals surface area contributed by atoms with Crippen LogP contribution in [0.4, 0.5) is 0 Å². The third kappa shape index (κ3) is 2.97. The molecule has 1 aliphatic carbocycles. The zero-order chi connectivity index (χ0) is 13.1. The molecule has 1 heterocycles. The molecular formula is C14H24BrN3. The predicted molar refractivity (Wildman–Crippen MR) is 78.6 cm³/mol. The molecule has 102 valence electrons. The Morgan fingerprint density at radius 3 is 2.72 bits per heavy atom. The molecule has 0 radical (unpaired) electrons. The van der Waals surface area contributed by atoms with Gasteiger partial charge in [0.1, 0.15) is 0 Å². The van der Waals surface area contributed by atoms with E-state index in [1.165, 1.54) is 31.4 Å². The Bertz CT molecular complexity index is 394. The molecule has 1 fully saturated rings. The van der Waals surface area contributed by atoms with Crippen LogP contribution in [0, 0.1) is 12.8 Å². The molecule has 0 spiro atoms. The number of nitrogens with one attached hydrogen (secondary N) is 1. The van der Waals surface area contributed by atoms with Crippen LogP contribution in [0.2, 0.25) is 0 Å². The second-order valence-electron chi connectivity index (χ2n) is 5.38. The van der Waals surface area contributed by atoms with E-state index in [0.29, 0.717) is 6.04 Å². The second kappa shape index (κ2) is 6.20. The van der Waals surface area contributed by atoms with Gasteiger partial charge in [0.25, 0.3) is 0 Å². The highest BCUT2D eigenvalue weighted by Crippen LogP contribution is 2.28. The van der Waals surface area contributed by atoms with Crippen molar-refractivity contribution >= 4 is 15.9 Å². The van der Waals surface area contributed by atoms with Crippen LogP contribution in [-0.2, 0) is 13.1 Å². The fourth-order valence-electron chi connectivity index (χ4n) is 2.92. The number of halogens is 1. The average molecular weight is 314 g/mol. The van der Waals surface area contributed by atoms with Gasteiger partial charge in [0.15, 0.2) is 0 Å². The first-order valence-corrected chi connectivity index (χ1v) is 7.88. The molecule has 0 aromatic carbocycles. The van der Waals surface area contributed by atoms with E-state index >= 15 is 0 Å². The zero-order valence-electron chi connectivity index (χ0n) is 11.7. The van der Waals surface area contributed by atoms with Gasteiger partial charge in [0.2, 0.25) is 0 Å². The molecule has 1 N–H and O–H groups in total. The van der Waals surface area contributed by atoms with E-state index in [0.717, 1.165) is 29.2 Å². The van der Waals surface area contributed by atoms with Crippen molar-refractivity contribution in [3.8, 4) is 0 Å². The van der Waals surface area contributed by atoms with Crippen LogP contribution in [0.5, 0.6) is 0 Å². The highest BCUT2D eigenvalue weighted by Gasteiger charge is 2.22. The van der Waals surface area contributed by atoms with Crippen LogP contribution in [0.15, 0.2) is 4.47 Å². The van der Waals surface area contributed by atoms with E-state index in [1.807, 2.05) is 0 Å². The minimum atomic E-state index is 0.611. The fourth-order valence-corrected chi connectivity index (χ4v) is 3.34. The summed E-state index contributed by atoms with van der Waals surface area (Å²) in [6.45, 7) is 8.36. The van der Waals surface area contributed by atoms with Crippen LogP contribution in [0.25, 0.3) is 0 Å². The Morgan fingerprint density at radius 1 is 1.44 bits per heavy atom. The molecular weight excluding hydrogens is 290 g/mol. The van der Waals surface area contributed by atoms with Crippen molar-refractivity contribution in [1.82, 2.24) is 15.1 Å². The smallest absolute Gasteiger partial charge is 0.0739 e. The Hall–Kier alpha value is -0.350. The highest BCUT2D eigenvalue weighted by molar-refractivity contribution is 9.10. The van der Waals surface area contributed by atoms with E-state index in [-0.39, 0.29) is 0 Å². The van der Waals surface area contributed by atoms with Crippen molar-refractivity contribution in [2.24, 2.45) is 5.92 Å². The normalized spacial score (nSPS) is 18.4. The monoisotopic (exact) mass is 313 g/mol. The van der Waals surface area contributed by atoms with Crippen molar-refractivity contribution in [2.75, 3.05) is 0 Å². The van der Waals surface area contributed by atoms with Gasteiger partial charge < -0.3 is 5.32 Å². The number of aromatic nitrogens is 2. The summed E-state index contributed by atoms with van der Waals surface area (Å²) in [7, 11) is 0. The Kier molecular flexibility index (Phi) is 4.84. The van der Waals surface area contributed by atoms with Gasteiger partial charge in [-0.2, -0.15) is 5.10 Å². The van der Waals surface area contributed by atoms with Gasteiger partial charge in [-0.05, 0) is 55.5 Å². The fraction of sp³-hybridized carbons (Fsp3) is 0.786. The summed E-state index contributed by atoms with van der Waals surface area (Å²) in [6.07, 6.45) is 5.60. The molecule has 4 heteroatoms. The third-order valence-electron chi connectivity index (χ3n) is 4.15. The minimum absolute atomic E-state index is 0.611. The molecule has 3 nitrogen and oxygen atoms in total. The first-order chi connectivity index (χ1) is 8.63. The van der Waals surface area contributed by atoms with E-state index in [4.69, 9.17) is 0 Å². The summed E-state index contributed by atoms with van der Waals surface area (Å²) in [5.74, 6) is 0.864. The Morgan fingerprint density at radius 2 is 2.11 bits per heavy atom. The molecule has 1 aromatic rings. The highest BCUT2D eigenvalue weighted by atomic mass is 79.9. The average Bonchev–Trinajstić information content (AvgIpc) is 2.97. The zero-order valence-corrected chi connectivity index (χ0v) is 13.3. The van der Waals surface area contributed by atoms with Crippen LogP contribution >= 0.6 is 15.9 Å². The molecule has 1 aromatic heterocycles. The van der Waals surface area contributed by atoms with Crippen LogP contribution in [0.3, 0.4) is 0 Å². The maximum Gasteiger partial charge on any atom is 0.0739 e. The van der Waals surface area contributed by atoms with E-state index < -0.39 is 0 Å². The lowest BCUT2D eigenvalue weighted by atomic mass is 10.00. The van der Waals surface area contributed by atoms with Crippen molar-refractivity contribution in [3.05, 3.63) is 15.9 Å². The lowest BCUT2D eigenvalue weighted by Gasteiger charge is -2.20. The van der Waals surface area contributed by atoms with Gasteiger partial charge >= 0.3 is 0 Å². The van der Waals surface area contributed by atoms with Crippen molar-refractivity contribution < 1.29 is 0 Å². The van der Waals surface area contributed by atoms with Crippen LogP contribution in [0.1, 0.15) is 50.9 Å². The Balaban J connectivity index is 1.96. The number of rotatable bonds is 5. The topological polar surface area (TPSA) is 29.9 Å². The van der Waals surface area contributed by atoms with Crippen molar-refractivity contribution in [1.29, 1.82) is 0 Å². The first-order valence-electron chi connectivity index (χ1n) is 7.08. The van der Waals surface area contributed by atoms with Crippen molar-refractivity contribution in [2.45, 2.75) is 65.6 Å². The molecule has 1 aliphatic rings. The van der Waals surface area contributed by atoms with E-state index in [2.05, 4.69) is 51.8 Å². The lowest BCUT2D eigenvalue weighted by molar-refractivity contribution is 0.375. The largest absolute Gasteiger partial charge is 0.308 e. The molecule has 1 saturated carbocycles. The molecule has 1 atom stereocenters. The van der Waals surface area contributed by atoms with E-state index in [1.54, 1.807) is 0 Å². The van der Waals surface area contributed by atoms with Gasteiger partial charge in [-0.1, -0.05) is 12.8 Å².